The molecule has 0 saturated heterocycles. The van der Waals surface area contributed by atoms with Gasteiger partial charge in [-0.05, 0) is 23.8 Å². The predicted octanol–water partition coefficient (Wildman–Crippen LogP) is 4.18. The fourth-order valence-corrected chi connectivity index (χ4v) is 2.63. The fourth-order valence-electron chi connectivity index (χ4n) is 1.30. The van der Waals surface area contributed by atoms with Crippen molar-refractivity contribution in [3.05, 3.63) is 44.1 Å². The number of aromatic nitrogens is 1. The molecule has 1 heterocycles. The maximum absolute atomic E-state index is 13.1. The number of hydrogen-bond donors (Lipinski definition) is 1. The summed E-state index contributed by atoms with van der Waals surface area (Å²) in [6.45, 7) is 0.396. The molecule has 0 unspecified atom stereocenters. The third-order valence-electron chi connectivity index (χ3n) is 2.13. The molecule has 2 aromatic rings. The van der Waals surface area contributed by atoms with Crippen molar-refractivity contribution >= 4 is 44.0 Å². The number of nitrogens with zero attached hydrogens (tertiary/aromatic N) is 2. The number of nitrogens with one attached hydrogen (secondary N) is 1. The van der Waals surface area contributed by atoms with E-state index in [1.807, 2.05) is 6.07 Å². The molecule has 0 saturated carbocycles. The Morgan fingerprint density at radius 3 is 3.00 bits per heavy atom. The van der Waals surface area contributed by atoms with Gasteiger partial charge in [-0.1, -0.05) is 38.9 Å². The van der Waals surface area contributed by atoms with Gasteiger partial charge >= 0.3 is 0 Å². The normalized spacial score (nSPS) is 10.1. The average Bonchev–Trinajstić information content (AvgIpc) is 2.71. The molecule has 0 aliphatic rings. The van der Waals surface area contributed by atoms with Gasteiger partial charge in [0.1, 0.15) is 16.8 Å². The summed E-state index contributed by atoms with van der Waals surface area (Å²) < 4.78 is 13.9. The van der Waals surface area contributed by atoms with Gasteiger partial charge in [-0.25, -0.2) is 9.37 Å². The van der Waals surface area contributed by atoms with E-state index in [1.54, 1.807) is 6.07 Å². The number of nitriles is 1. The highest BCUT2D eigenvalue weighted by Crippen LogP contribution is 2.27. The number of halogens is 3. The first-order valence-corrected chi connectivity index (χ1v) is 6.83. The summed E-state index contributed by atoms with van der Waals surface area (Å²) in [5.41, 5.74) is 0.764. The van der Waals surface area contributed by atoms with Crippen LogP contribution in [0.3, 0.4) is 0 Å². The molecule has 3 nitrogen and oxygen atoms in total. The number of thiazole rings is 1. The number of rotatable bonds is 3. The minimum atomic E-state index is -0.301. The quantitative estimate of drug-likeness (QED) is 0.907. The van der Waals surface area contributed by atoms with Gasteiger partial charge in [-0.15, -0.1) is 0 Å². The van der Waals surface area contributed by atoms with E-state index in [4.69, 9.17) is 16.9 Å². The Kier molecular flexibility index (Phi) is 4.17. The van der Waals surface area contributed by atoms with E-state index in [2.05, 4.69) is 26.2 Å². The van der Waals surface area contributed by atoms with Gasteiger partial charge in [0, 0.05) is 11.0 Å². The molecule has 0 atom stereocenters. The zero-order valence-electron chi connectivity index (χ0n) is 8.88. The van der Waals surface area contributed by atoms with Crippen molar-refractivity contribution in [2.75, 3.05) is 5.32 Å². The monoisotopic (exact) mass is 345 g/mol. The molecular weight excluding hydrogens is 341 g/mol. The lowest BCUT2D eigenvalue weighted by atomic mass is 10.2. The zero-order chi connectivity index (χ0) is 13.1. The van der Waals surface area contributed by atoms with Crippen LogP contribution in [-0.2, 0) is 6.54 Å². The molecule has 7 heteroatoms. The predicted molar refractivity (Wildman–Crippen MR) is 73.3 cm³/mol. The summed E-state index contributed by atoms with van der Waals surface area (Å²) in [5.74, 6) is -0.301. The highest BCUT2D eigenvalue weighted by Gasteiger charge is 2.09. The summed E-state index contributed by atoms with van der Waals surface area (Å²) in [6, 6.07) is 6.39. The van der Waals surface area contributed by atoms with Crippen LogP contribution in [0.4, 0.5) is 9.52 Å². The second-order valence-corrected chi connectivity index (χ2v) is 5.55. The van der Waals surface area contributed by atoms with Crippen molar-refractivity contribution in [1.29, 1.82) is 5.26 Å². The van der Waals surface area contributed by atoms with Crippen LogP contribution in [0, 0.1) is 17.1 Å². The van der Waals surface area contributed by atoms with E-state index in [-0.39, 0.29) is 11.0 Å². The maximum atomic E-state index is 13.1. The van der Waals surface area contributed by atoms with Crippen LogP contribution >= 0.6 is 38.9 Å². The number of hydrogen-bond acceptors (Lipinski definition) is 4. The molecule has 1 aromatic carbocycles. The van der Waals surface area contributed by atoms with E-state index in [0.29, 0.717) is 16.6 Å². The van der Waals surface area contributed by atoms with Gasteiger partial charge in [0.05, 0.1) is 0 Å². The highest BCUT2D eigenvalue weighted by atomic mass is 79.9. The van der Waals surface area contributed by atoms with Crippen molar-refractivity contribution in [2.24, 2.45) is 0 Å². The molecule has 0 bridgehead atoms. The Labute approximate surface area is 120 Å². The summed E-state index contributed by atoms with van der Waals surface area (Å²) in [6.07, 6.45) is 0. The minimum absolute atomic E-state index is 0.184. The first-order valence-electron chi connectivity index (χ1n) is 4.84. The minimum Gasteiger partial charge on any atom is -0.357 e. The fraction of sp³-hybridized carbons (Fsp3) is 0.0909. The van der Waals surface area contributed by atoms with E-state index in [0.717, 1.165) is 21.4 Å². The lowest BCUT2D eigenvalue weighted by Gasteiger charge is -2.05. The molecule has 2 rings (SSSR count). The van der Waals surface area contributed by atoms with Crippen LogP contribution in [-0.4, -0.2) is 4.98 Å². The molecule has 18 heavy (non-hydrogen) atoms. The first-order chi connectivity index (χ1) is 8.60. The molecule has 0 amide bonds. The van der Waals surface area contributed by atoms with E-state index in [1.165, 1.54) is 12.1 Å². The van der Waals surface area contributed by atoms with E-state index >= 15 is 0 Å². The van der Waals surface area contributed by atoms with Gasteiger partial charge in [0.15, 0.2) is 10.3 Å². The van der Waals surface area contributed by atoms with Gasteiger partial charge in [-0.3, -0.25) is 0 Å². The maximum Gasteiger partial charge on any atom is 0.185 e. The third kappa shape index (κ3) is 2.99. The second-order valence-electron chi connectivity index (χ2n) is 3.34. The molecule has 0 fully saturated rings. The molecule has 1 N–H and O–H groups in total. The lowest BCUT2D eigenvalue weighted by Crippen LogP contribution is -2.00. The van der Waals surface area contributed by atoms with Crippen molar-refractivity contribution in [2.45, 2.75) is 6.54 Å². The number of anilines is 1. The number of benzene rings is 1. The highest BCUT2D eigenvalue weighted by molar-refractivity contribution is 9.10. The molecule has 0 spiro atoms. The third-order valence-corrected chi connectivity index (χ3v) is 4.20. The van der Waals surface area contributed by atoms with Crippen LogP contribution < -0.4 is 5.32 Å². The van der Waals surface area contributed by atoms with Crippen molar-refractivity contribution in [1.82, 2.24) is 4.98 Å². The van der Waals surface area contributed by atoms with Gasteiger partial charge in [0.25, 0.3) is 0 Å². The molecule has 0 radical (unpaired) electrons. The Hall–Kier alpha value is -1.16. The van der Waals surface area contributed by atoms with Crippen molar-refractivity contribution < 1.29 is 4.39 Å². The topological polar surface area (TPSA) is 48.7 Å². The Bertz CT molecular complexity index is 623. The zero-order valence-corrected chi connectivity index (χ0v) is 12.0. The molecule has 1 aromatic heterocycles. The van der Waals surface area contributed by atoms with Crippen LogP contribution in [0.15, 0.2) is 22.7 Å². The van der Waals surface area contributed by atoms with Crippen LogP contribution in [0.25, 0.3) is 0 Å². The Morgan fingerprint density at radius 2 is 2.33 bits per heavy atom. The smallest absolute Gasteiger partial charge is 0.185 e. The SMILES string of the molecule is N#Cc1sc(NCc2cc(F)ccc2Br)nc1Cl. The van der Waals surface area contributed by atoms with Crippen LogP contribution in [0.5, 0.6) is 0 Å². The Morgan fingerprint density at radius 1 is 1.56 bits per heavy atom. The molecular formula is C11H6BrClFN3S. The van der Waals surface area contributed by atoms with E-state index in [9.17, 15) is 4.39 Å². The van der Waals surface area contributed by atoms with E-state index < -0.39 is 0 Å². The second kappa shape index (κ2) is 5.65. The lowest BCUT2D eigenvalue weighted by molar-refractivity contribution is 0.625. The van der Waals surface area contributed by atoms with Gasteiger partial charge in [-0.2, -0.15) is 5.26 Å². The van der Waals surface area contributed by atoms with Gasteiger partial charge < -0.3 is 5.32 Å². The summed E-state index contributed by atoms with van der Waals surface area (Å²) in [7, 11) is 0. The summed E-state index contributed by atoms with van der Waals surface area (Å²) in [4.78, 5) is 4.35. The van der Waals surface area contributed by atoms with Crippen LogP contribution in [0.2, 0.25) is 5.15 Å². The first kappa shape index (κ1) is 13.3. The summed E-state index contributed by atoms with van der Waals surface area (Å²) >= 11 is 10.3. The molecule has 0 aliphatic carbocycles. The Balaban J connectivity index is 2.11. The van der Waals surface area contributed by atoms with Gasteiger partial charge in [0.2, 0.25) is 0 Å². The van der Waals surface area contributed by atoms with Crippen LogP contribution in [0.1, 0.15) is 10.4 Å². The van der Waals surface area contributed by atoms with Crippen molar-refractivity contribution in [3.63, 3.8) is 0 Å². The largest absolute Gasteiger partial charge is 0.357 e. The standard InChI is InChI=1S/C11H6BrClFN3S/c12-8-2-1-7(14)3-6(8)5-16-11-17-10(13)9(4-15)18-11/h1-3H,5H2,(H,16,17). The molecule has 0 aliphatic heterocycles. The average molecular weight is 347 g/mol. The van der Waals surface area contributed by atoms with Crippen molar-refractivity contribution in [3.8, 4) is 6.07 Å². The summed E-state index contributed by atoms with van der Waals surface area (Å²) in [5, 5.41) is 12.5. The molecule has 92 valence electrons.